The van der Waals surface area contributed by atoms with Crippen molar-refractivity contribution in [2.75, 3.05) is 0 Å². The van der Waals surface area contributed by atoms with Crippen molar-refractivity contribution >= 4 is 0 Å². The summed E-state index contributed by atoms with van der Waals surface area (Å²) in [6, 6.07) is 17.4. The number of aromatic hydroxyl groups is 2. The molecule has 15 heavy (non-hydrogen) atoms. The van der Waals surface area contributed by atoms with Crippen molar-refractivity contribution in [2.24, 2.45) is 0 Å². The summed E-state index contributed by atoms with van der Waals surface area (Å²) in [5, 5.41) is 17.3. The standard InChI is InChI=1S/2C6H6O.Cu/c2*7-6-4-2-1-3-5-6;/h2*1-5,7H;. The van der Waals surface area contributed by atoms with Gasteiger partial charge >= 0.3 is 0 Å². The average molecular weight is 252 g/mol. The molecule has 0 saturated carbocycles. The quantitative estimate of drug-likeness (QED) is 0.707. The Morgan fingerprint density at radius 2 is 0.800 bits per heavy atom. The molecule has 2 N–H and O–H groups in total. The molecule has 2 aromatic rings. The van der Waals surface area contributed by atoms with Crippen molar-refractivity contribution < 1.29 is 27.3 Å². The van der Waals surface area contributed by atoms with Gasteiger partial charge in [-0.15, -0.1) is 0 Å². The Labute approximate surface area is 99.7 Å². The van der Waals surface area contributed by atoms with Crippen LogP contribution in [0.4, 0.5) is 0 Å². The summed E-state index contributed by atoms with van der Waals surface area (Å²) in [6.45, 7) is 0. The first-order chi connectivity index (χ1) is 6.79. The molecule has 0 heterocycles. The van der Waals surface area contributed by atoms with Crippen molar-refractivity contribution in [3.05, 3.63) is 60.7 Å². The van der Waals surface area contributed by atoms with Gasteiger partial charge in [0.15, 0.2) is 0 Å². The van der Waals surface area contributed by atoms with E-state index < -0.39 is 0 Å². The maximum atomic E-state index is 8.63. The van der Waals surface area contributed by atoms with Gasteiger partial charge in [0.2, 0.25) is 0 Å². The number of hydrogen-bond donors (Lipinski definition) is 2. The molecule has 1 radical (unpaired) electrons. The molecule has 0 atom stereocenters. The summed E-state index contributed by atoms with van der Waals surface area (Å²) in [4.78, 5) is 0. The van der Waals surface area contributed by atoms with E-state index in [0.717, 1.165) is 0 Å². The molecule has 0 aliphatic rings. The largest absolute Gasteiger partial charge is 0.508 e. The molecule has 0 unspecified atom stereocenters. The molecule has 2 rings (SSSR count). The fourth-order valence-electron chi connectivity index (χ4n) is 0.856. The first-order valence-corrected chi connectivity index (χ1v) is 4.27. The Morgan fingerprint density at radius 1 is 0.533 bits per heavy atom. The maximum Gasteiger partial charge on any atom is 0.115 e. The molecule has 0 fully saturated rings. The minimum atomic E-state index is 0. The van der Waals surface area contributed by atoms with Crippen molar-refractivity contribution in [3.63, 3.8) is 0 Å². The van der Waals surface area contributed by atoms with Gasteiger partial charge in [-0.3, -0.25) is 0 Å². The molecule has 0 amide bonds. The third-order valence-electron chi connectivity index (χ3n) is 1.51. The van der Waals surface area contributed by atoms with Crippen LogP contribution in [0.25, 0.3) is 0 Å². The number of para-hydroxylation sites is 2. The van der Waals surface area contributed by atoms with Crippen molar-refractivity contribution in [1.82, 2.24) is 0 Å². The number of rotatable bonds is 0. The first-order valence-electron chi connectivity index (χ1n) is 4.27. The Bertz CT molecular complexity index is 311. The van der Waals surface area contributed by atoms with Gasteiger partial charge in [-0.05, 0) is 24.3 Å². The summed E-state index contributed by atoms with van der Waals surface area (Å²) in [5.41, 5.74) is 0. The van der Waals surface area contributed by atoms with Gasteiger partial charge in [0.05, 0.1) is 0 Å². The van der Waals surface area contributed by atoms with Crippen LogP contribution in [-0.4, -0.2) is 10.2 Å². The number of phenols is 2. The van der Waals surface area contributed by atoms with E-state index in [1.165, 1.54) is 0 Å². The van der Waals surface area contributed by atoms with Gasteiger partial charge in [0.1, 0.15) is 11.5 Å². The van der Waals surface area contributed by atoms with Crippen LogP contribution in [0.1, 0.15) is 0 Å². The third kappa shape index (κ3) is 6.61. The summed E-state index contributed by atoms with van der Waals surface area (Å²) in [7, 11) is 0. The normalized spacial score (nSPS) is 8.00. The van der Waals surface area contributed by atoms with Crippen LogP contribution in [0, 0.1) is 0 Å². The van der Waals surface area contributed by atoms with E-state index in [4.69, 9.17) is 10.2 Å². The summed E-state index contributed by atoms with van der Waals surface area (Å²) in [6.07, 6.45) is 0. The molecule has 0 aromatic heterocycles. The van der Waals surface area contributed by atoms with Crippen molar-refractivity contribution in [1.29, 1.82) is 0 Å². The topological polar surface area (TPSA) is 40.5 Å². The second kappa shape index (κ2) is 7.92. The van der Waals surface area contributed by atoms with Gasteiger partial charge < -0.3 is 10.2 Å². The molecule has 0 aliphatic heterocycles. The predicted molar refractivity (Wildman–Crippen MR) is 56.2 cm³/mol. The molecule has 2 aromatic carbocycles. The van der Waals surface area contributed by atoms with Gasteiger partial charge in [0, 0.05) is 17.1 Å². The molecular formula is C12H12CuO2. The molecule has 2 nitrogen and oxygen atoms in total. The summed E-state index contributed by atoms with van der Waals surface area (Å²) in [5.74, 6) is 0.644. The zero-order valence-corrected chi connectivity index (χ0v) is 8.91. The molecule has 0 saturated heterocycles. The third-order valence-corrected chi connectivity index (χ3v) is 1.51. The van der Waals surface area contributed by atoms with Crippen LogP contribution in [0.2, 0.25) is 0 Å². The Hall–Kier alpha value is -1.44. The molecule has 83 valence electrons. The Balaban J connectivity index is 0.000000245. The van der Waals surface area contributed by atoms with Crippen LogP contribution < -0.4 is 0 Å². The van der Waals surface area contributed by atoms with E-state index in [1.54, 1.807) is 48.5 Å². The summed E-state index contributed by atoms with van der Waals surface area (Å²) >= 11 is 0. The Morgan fingerprint density at radius 3 is 0.933 bits per heavy atom. The van der Waals surface area contributed by atoms with E-state index in [2.05, 4.69) is 0 Å². The van der Waals surface area contributed by atoms with Crippen LogP contribution in [-0.2, 0) is 17.1 Å². The van der Waals surface area contributed by atoms with Crippen LogP contribution in [0.3, 0.4) is 0 Å². The zero-order valence-electron chi connectivity index (χ0n) is 7.97. The second-order valence-electron chi connectivity index (χ2n) is 2.67. The zero-order chi connectivity index (χ0) is 10.2. The maximum absolute atomic E-state index is 8.63. The van der Waals surface area contributed by atoms with E-state index in [0.29, 0.717) is 11.5 Å². The fourth-order valence-corrected chi connectivity index (χ4v) is 0.856. The molecule has 0 spiro atoms. The van der Waals surface area contributed by atoms with Gasteiger partial charge in [-0.2, -0.15) is 0 Å². The molecular weight excluding hydrogens is 240 g/mol. The van der Waals surface area contributed by atoms with Crippen LogP contribution >= 0.6 is 0 Å². The SMILES string of the molecule is Oc1ccccc1.Oc1ccccc1.[Cu]. The van der Waals surface area contributed by atoms with Gasteiger partial charge in [0.25, 0.3) is 0 Å². The first kappa shape index (κ1) is 13.6. The van der Waals surface area contributed by atoms with E-state index in [-0.39, 0.29) is 17.1 Å². The van der Waals surface area contributed by atoms with Crippen LogP contribution in [0.15, 0.2) is 60.7 Å². The smallest absolute Gasteiger partial charge is 0.115 e. The molecule has 0 bridgehead atoms. The van der Waals surface area contributed by atoms with Crippen molar-refractivity contribution in [2.45, 2.75) is 0 Å². The van der Waals surface area contributed by atoms with Gasteiger partial charge in [-0.1, -0.05) is 36.4 Å². The Kier molecular flexibility index (Phi) is 7.16. The monoisotopic (exact) mass is 251 g/mol. The van der Waals surface area contributed by atoms with E-state index in [1.807, 2.05) is 12.1 Å². The van der Waals surface area contributed by atoms with Crippen molar-refractivity contribution in [3.8, 4) is 11.5 Å². The second-order valence-corrected chi connectivity index (χ2v) is 2.67. The van der Waals surface area contributed by atoms with E-state index in [9.17, 15) is 0 Å². The van der Waals surface area contributed by atoms with Gasteiger partial charge in [-0.25, -0.2) is 0 Å². The minimum absolute atomic E-state index is 0. The molecule has 3 heteroatoms. The number of hydrogen-bond acceptors (Lipinski definition) is 2. The fraction of sp³-hybridized carbons (Fsp3) is 0. The molecule has 0 aliphatic carbocycles. The average Bonchev–Trinajstić information content (AvgIpc) is 2.21. The summed E-state index contributed by atoms with van der Waals surface area (Å²) < 4.78 is 0. The predicted octanol–water partition coefficient (Wildman–Crippen LogP) is 2.78. The minimum Gasteiger partial charge on any atom is -0.508 e. The number of phenolic OH excluding ortho intramolecular Hbond substituents is 2. The van der Waals surface area contributed by atoms with Crippen LogP contribution in [0.5, 0.6) is 11.5 Å². The van der Waals surface area contributed by atoms with E-state index >= 15 is 0 Å². The number of benzene rings is 2.